The quantitative estimate of drug-likeness (QED) is 0.821. The maximum absolute atomic E-state index is 12.1. The summed E-state index contributed by atoms with van der Waals surface area (Å²) in [7, 11) is 0. The van der Waals surface area contributed by atoms with Crippen molar-refractivity contribution in [3.8, 4) is 0 Å². The average Bonchev–Trinajstić information content (AvgIpc) is 2.89. The van der Waals surface area contributed by atoms with Crippen LogP contribution >= 0.6 is 24.2 Å². The number of rotatable bonds is 5. The SMILES string of the molecule is Cc1cc(NC(=O)C(C)SCC(=O)N2CCCC(N)C2)no1.Cl. The van der Waals surface area contributed by atoms with E-state index in [9.17, 15) is 9.59 Å². The van der Waals surface area contributed by atoms with Crippen molar-refractivity contribution in [3.05, 3.63) is 11.8 Å². The first-order valence-corrected chi connectivity index (χ1v) is 8.39. The van der Waals surface area contributed by atoms with Crippen molar-refractivity contribution in [2.24, 2.45) is 5.73 Å². The molecule has 1 aliphatic heterocycles. The van der Waals surface area contributed by atoms with Gasteiger partial charge in [0.2, 0.25) is 11.8 Å². The highest BCUT2D eigenvalue weighted by atomic mass is 35.5. The second kappa shape index (κ2) is 9.14. The highest BCUT2D eigenvalue weighted by Crippen LogP contribution is 2.16. The number of likely N-dealkylation sites (tertiary alicyclic amines) is 1. The van der Waals surface area contributed by atoms with Gasteiger partial charge in [0.1, 0.15) is 5.76 Å². The molecule has 1 saturated heterocycles. The first kappa shape index (κ1) is 19.8. The number of thioether (sulfide) groups is 1. The molecule has 2 amide bonds. The number of nitrogens with zero attached hydrogens (tertiary/aromatic N) is 2. The van der Waals surface area contributed by atoms with Crippen LogP contribution in [0, 0.1) is 6.92 Å². The first-order valence-electron chi connectivity index (χ1n) is 7.35. The van der Waals surface area contributed by atoms with E-state index >= 15 is 0 Å². The Morgan fingerprint density at radius 1 is 1.61 bits per heavy atom. The number of aryl methyl sites for hydroxylation is 1. The van der Waals surface area contributed by atoms with Crippen molar-refractivity contribution >= 4 is 41.8 Å². The summed E-state index contributed by atoms with van der Waals surface area (Å²) in [6, 6.07) is 1.72. The number of halogens is 1. The lowest BCUT2D eigenvalue weighted by molar-refractivity contribution is -0.129. The standard InChI is InChI=1S/C14H22N4O3S.ClH/c1-9-6-12(17-21-9)16-14(20)10(2)22-8-13(19)18-5-3-4-11(15)7-18;/h6,10-11H,3-5,7-8,15H2,1-2H3,(H,16,17,20);1H. The molecular formula is C14H23ClN4O3S. The molecule has 3 N–H and O–H groups in total. The average molecular weight is 363 g/mol. The zero-order valence-electron chi connectivity index (χ0n) is 13.3. The molecule has 7 nitrogen and oxygen atoms in total. The molecule has 23 heavy (non-hydrogen) atoms. The third-order valence-corrected chi connectivity index (χ3v) is 4.64. The molecule has 0 aromatic carbocycles. The maximum atomic E-state index is 12.1. The number of nitrogens with two attached hydrogens (primary N) is 1. The smallest absolute Gasteiger partial charge is 0.238 e. The second-order valence-corrected chi connectivity index (χ2v) is 6.84. The number of aromatic nitrogens is 1. The fourth-order valence-electron chi connectivity index (χ4n) is 2.25. The van der Waals surface area contributed by atoms with Crippen LogP contribution in [-0.4, -0.2) is 52.0 Å². The highest BCUT2D eigenvalue weighted by Gasteiger charge is 2.23. The van der Waals surface area contributed by atoms with Gasteiger partial charge in [-0.3, -0.25) is 9.59 Å². The molecule has 0 aliphatic carbocycles. The molecule has 9 heteroatoms. The van der Waals surface area contributed by atoms with Crippen molar-refractivity contribution in [3.63, 3.8) is 0 Å². The number of carbonyl (C=O) groups is 2. The number of carbonyl (C=O) groups excluding carboxylic acids is 2. The van der Waals surface area contributed by atoms with Gasteiger partial charge in [0, 0.05) is 25.2 Å². The minimum atomic E-state index is -0.348. The molecule has 0 saturated carbocycles. The van der Waals surface area contributed by atoms with Crippen molar-refractivity contribution in [2.75, 3.05) is 24.2 Å². The Morgan fingerprint density at radius 3 is 2.96 bits per heavy atom. The predicted octanol–water partition coefficient (Wildman–Crippen LogP) is 1.41. The molecule has 1 aromatic rings. The minimum absolute atomic E-state index is 0. The first-order chi connectivity index (χ1) is 10.5. The van der Waals surface area contributed by atoms with E-state index in [1.165, 1.54) is 11.8 Å². The van der Waals surface area contributed by atoms with Crippen LogP contribution in [0.1, 0.15) is 25.5 Å². The number of hydrogen-bond donors (Lipinski definition) is 2. The van der Waals surface area contributed by atoms with E-state index < -0.39 is 0 Å². The Balaban J connectivity index is 0.00000264. The van der Waals surface area contributed by atoms with Crippen LogP contribution in [-0.2, 0) is 9.59 Å². The van der Waals surface area contributed by atoms with E-state index in [1.807, 2.05) is 0 Å². The zero-order chi connectivity index (χ0) is 16.1. The molecule has 1 fully saturated rings. The number of anilines is 1. The Labute approximate surface area is 146 Å². The second-order valence-electron chi connectivity index (χ2n) is 5.51. The van der Waals surface area contributed by atoms with E-state index in [1.54, 1.807) is 24.8 Å². The monoisotopic (exact) mass is 362 g/mol. The molecule has 1 aliphatic rings. The number of amides is 2. The van der Waals surface area contributed by atoms with E-state index in [0.29, 0.717) is 18.1 Å². The molecule has 0 spiro atoms. The highest BCUT2D eigenvalue weighted by molar-refractivity contribution is 8.01. The van der Waals surface area contributed by atoms with Crippen molar-refractivity contribution < 1.29 is 14.1 Å². The van der Waals surface area contributed by atoms with Crippen LogP contribution in [0.3, 0.4) is 0 Å². The lowest BCUT2D eigenvalue weighted by atomic mass is 10.1. The molecule has 2 unspecified atom stereocenters. The third-order valence-electron chi connectivity index (χ3n) is 3.52. The Morgan fingerprint density at radius 2 is 2.35 bits per heavy atom. The third kappa shape index (κ3) is 6.04. The summed E-state index contributed by atoms with van der Waals surface area (Å²) in [5.41, 5.74) is 5.87. The van der Waals surface area contributed by atoms with Gasteiger partial charge in [-0.25, -0.2) is 0 Å². The van der Waals surface area contributed by atoms with Gasteiger partial charge in [-0.15, -0.1) is 24.2 Å². The summed E-state index contributed by atoms with van der Waals surface area (Å²) in [5, 5.41) is 6.03. The van der Waals surface area contributed by atoms with Crippen LogP contribution in [0.15, 0.2) is 10.6 Å². The van der Waals surface area contributed by atoms with Gasteiger partial charge < -0.3 is 20.5 Å². The van der Waals surface area contributed by atoms with Gasteiger partial charge in [0.25, 0.3) is 0 Å². The van der Waals surface area contributed by atoms with E-state index in [-0.39, 0.29) is 41.3 Å². The van der Waals surface area contributed by atoms with Crippen molar-refractivity contribution in [1.82, 2.24) is 10.1 Å². The van der Waals surface area contributed by atoms with Gasteiger partial charge >= 0.3 is 0 Å². The van der Waals surface area contributed by atoms with E-state index in [0.717, 1.165) is 19.4 Å². The Bertz CT molecular complexity index is 540. The van der Waals surface area contributed by atoms with Crippen molar-refractivity contribution in [2.45, 2.75) is 38.0 Å². The van der Waals surface area contributed by atoms with Gasteiger partial charge in [0.05, 0.1) is 11.0 Å². The summed E-state index contributed by atoms with van der Waals surface area (Å²) in [6.07, 6.45) is 1.91. The lowest BCUT2D eigenvalue weighted by Gasteiger charge is -2.30. The molecular weight excluding hydrogens is 340 g/mol. The van der Waals surface area contributed by atoms with Gasteiger partial charge in [0.15, 0.2) is 5.82 Å². The summed E-state index contributed by atoms with van der Waals surface area (Å²) in [5.74, 6) is 1.15. The van der Waals surface area contributed by atoms with E-state index in [2.05, 4.69) is 10.5 Å². The van der Waals surface area contributed by atoms with Crippen LogP contribution in [0.2, 0.25) is 0 Å². The number of piperidine rings is 1. The molecule has 0 radical (unpaired) electrons. The lowest BCUT2D eigenvalue weighted by Crippen LogP contribution is -2.46. The fourth-order valence-corrected chi connectivity index (χ4v) is 3.04. The van der Waals surface area contributed by atoms with E-state index in [4.69, 9.17) is 10.3 Å². The predicted molar refractivity (Wildman–Crippen MR) is 92.8 cm³/mol. The van der Waals surface area contributed by atoms with Gasteiger partial charge in [-0.1, -0.05) is 5.16 Å². The minimum Gasteiger partial charge on any atom is -0.360 e. The molecule has 130 valence electrons. The van der Waals surface area contributed by atoms with Crippen molar-refractivity contribution in [1.29, 1.82) is 0 Å². The summed E-state index contributed by atoms with van der Waals surface area (Å²) in [6.45, 7) is 4.88. The Kier molecular flexibility index (Phi) is 7.87. The molecule has 2 rings (SSSR count). The summed E-state index contributed by atoms with van der Waals surface area (Å²) in [4.78, 5) is 25.9. The van der Waals surface area contributed by atoms with Crippen LogP contribution in [0.25, 0.3) is 0 Å². The number of nitrogens with one attached hydrogen (secondary N) is 1. The molecule has 0 bridgehead atoms. The van der Waals surface area contributed by atoms with Gasteiger partial charge in [-0.2, -0.15) is 0 Å². The summed E-state index contributed by atoms with van der Waals surface area (Å²) < 4.78 is 4.89. The zero-order valence-corrected chi connectivity index (χ0v) is 14.9. The Hall–Kier alpha value is -1.25. The van der Waals surface area contributed by atoms with Crippen LogP contribution in [0.4, 0.5) is 5.82 Å². The summed E-state index contributed by atoms with van der Waals surface area (Å²) >= 11 is 1.31. The van der Waals surface area contributed by atoms with Crippen LogP contribution < -0.4 is 11.1 Å². The molecule has 2 heterocycles. The van der Waals surface area contributed by atoms with Gasteiger partial charge in [-0.05, 0) is 26.7 Å². The number of hydrogen-bond acceptors (Lipinski definition) is 6. The van der Waals surface area contributed by atoms with Crippen LogP contribution in [0.5, 0.6) is 0 Å². The topological polar surface area (TPSA) is 101 Å². The fraction of sp³-hybridized carbons (Fsp3) is 0.643. The molecule has 1 aromatic heterocycles. The normalized spacial score (nSPS) is 18.9. The molecule has 2 atom stereocenters. The largest absolute Gasteiger partial charge is 0.360 e. The maximum Gasteiger partial charge on any atom is 0.238 e.